The number of aliphatic imine (C=N–C) groups is 1. The van der Waals surface area contributed by atoms with E-state index in [4.69, 9.17) is 0 Å². The van der Waals surface area contributed by atoms with Gasteiger partial charge < -0.3 is 20.2 Å². The average Bonchev–Trinajstić information content (AvgIpc) is 2.70. The molecule has 1 fully saturated rings. The number of nitrogens with one attached hydrogen (secondary N) is 1. The van der Waals surface area contributed by atoms with Crippen LogP contribution in [0.4, 0.5) is 10.1 Å². The van der Waals surface area contributed by atoms with E-state index in [0.717, 1.165) is 37.7 Å². The SMILES string of the molecule is CN=C(NCc1ccc(F)c(CO)c1)N1CCN(c2ccccc2)CC1.I. The molecule has 1 saturated heterocycles. The molecule has 5 nitrogen and oxygen atoms in total. The second kappa shape index (κ2) is 10.5. The molecule has 0 aromatic heterocycles. The second-order valence-electron chi connectivity index (χ2n) is 6.29. The summed E-state index contributed by atoms with van der Waals surface area (Å²) in [7, 11) is 1.77. The zero-order chi connectivity index (χ0) is 18.4. The van der Waals surface area contributed by atoms with Crippen LogP contribution in [0.2, 0.25) is 0 Å². The minimum absolute atomic E-state index is 0. The molecule has 0 amide bonds. The van der Waals surface area contributed by atoms with Gasteiger partial charge in [-0.2, -0.15) is 0 Å². The molecule has 146 valence electrons. The van der Waals surface area contributed by atoms with Gasteiger partial charge in [0.1, 0.15) is 5.82 Å². The Labute approximate surface area is 176 Å². The number of anilines is 1. The van der Waals surface area contributed by atoms with Gasteiger partial charge in [0.05, 0.1) is 6.61 Å². The van der Waals surface area contributed by atoms with Crippen LogP contribution in [-0.2, 0) is 13.2 Å². The Hall–Kier alpha value is -1.87. The van der Waals surface area contributed by atoms with Crippen molar-refractivity contribution in [1.29, 1.82) is 0 Å². The summed E-state index contributed by atoms with van der Waals surface area (Å²) in [6.07, 6.45) is 0. The number of halogens is 2. The van der Waals surface area contributed by atoms with E-state index in [-0.39, 0.29) is 36.4 Å². The quantitative estimate of drug-likeness (QED) is 0.398. The van der Waals surface area contributed by atoms with Crippen LogP contribution >= 0.6 is 24.0 Å². The van der Waals surface area contributed by atoms with E-state index in [0.29, 0.717) is 12.1 Å². The van der Waals surface area contributed by atoms with Crippen LogP contribution in [0.5, 0.6) is 0 Å². The van der Waals surface area contributed by atoms with Gasteiger partial charge in [0.15, 0.2) is 5.96 Å². The van der Waals surface area contributed by atoms with Crippen LogP contribution in [0.15, 0.2) is 53.5 Å². The Kier molecular flexibility index (Phi) is 8.30. The van der Waals surface area contributed by atoms with E-state index in [2.05, 4.69) is 44.4 Å². The first-order valence-electron chi connectivity index (χ1n) is 8.85. The lowest BCUT2D eigenvalue weighted by atomic mass is 10.1. The summed E-state index contributed by atoms with van der Waals surface area (Å²) < 4.78 is 13.5. The Morgan fingerprint density at radius 1 is 1.11 bits per heavy atom. The Bertz CT molecular complexity index is 749. The number of rotatable bonds is 4. The molecule has 1 aliphatic rings. The van der Waals surface area contributed by atoms with E-state index in [1.807, 2.05) is 6.07 Å². The van der Waals surface area contributed by atoms with E-state index in [1.54, 1.807) is 19.2 Å². The topological polar surface area (TPSA) is 51.1 Å². The number of hydrogen-bond acceptors (Lipinski definition) is 3. The van der Waals surface area contributed by atoms with Gasteiger partial charge >= 0.3 is 0 Å². The highest BCUT2D eigenvalue weighted by molar-refractivity contribution is 14.0. The zero-order valence-electron chi connectivity index (χ0n) is 15.4. The summed E-state index contributed by atoms with van der Waals surface area (Å²) in [5.41, 5.74) is 2.48. The number of benzene rings is 2. The van der Waals surface area contributed by atoms with Crippen LogP contribution in [0, 0.1) is 5.82 Å². The van der Waals surface area contributed by atoms with E-state index >= 15 is 0 Å². The fourth-order valence-electron chi connectivity index (χ4n) is 3.19. The maximum Gasteiger partial charge on any atom is 0.194 e. The van der Waals surface area contributed by atoms with Crippen LogP contribution in [0.1, 0.15) is 11.1 Å². The predicted molar refractivity (Wildman–Crippen MR) is 118 cm³/mol. The van der Waals surface area contributed by atoms with Crippen molar-refractivity contribution in [1.82, 2.24) is 10.2 Å². The van der Waals surface area contributed by atoms with Crippen LogP contribution < -0.4 is 10.2 Å². The summed E-state index contributed by atoms with van der Waals surface area (Å²) in [5, 5.41) is 12.5. The highest BCUT2D eigenvalue weighted by Crippen LogP contribution is 2.16. The molecular formula is C20H26FIN4O. The first-order chi connectivity index (χ1) is 12.7. The molecule has 0 atom stereocenters. The third-order valence-corrected chi connectivity index (χ3v) is 4.64. The standard InChI is InChI=1S/C20H25FN4O.HI/c1-22-20(23-14-16-7-8-19(21)17(13-16)15-26)25-11-9-24(10-12-25)18-5-3-2-4-6-18;/h2-8,13,26H,9-12,14-15H2,1H3,(H,22,23);1H. The molecule has 3 rings (SSSR count). The van der Waals surface area contributed by atoms with Gasteiger partial charge in [-0.15, -0.1) is 24.0 Å². The summed E-state index contributed by atoms with van der Waals surface area (Å²) >= 11 is 0. The summed E-state index contributed by atoms with van der Waals surface area (Å²) in [5.74, 6) is 0.463. The molecule has 0 radical (unpaired) electrons. The first kappa shape index (κ1) is 21.4. The maximum atomic E-state index is 13.5. The lowest BCUT2D eigenvalue weighted by Crippen LogP contribution is -2.52. The van der Waals surface area contributed by atoms with Gasteiger partial charge in [0, 0.05) is 51.0 Å². The molecule has 0 spiro atoms. The predicted octanol–water partition coefficient (Wildman–Crippen LogP) is 2.83. The van der Waals surface area contributed by atoms with Crippen molar-refractivity contribution in [3.8, 4) is 0 Å². The molecule has 7 heteroatoms. The Morgan fingerprint density at radius 2 is 1.81 bits per heavy atom. The molecule has 2 N–H and O–H groups in total. The fourth-order valence-corrected chi connectivity index (χ4v) is 3.19. The molecule has 2 aromatic rings. The largest absolute Gasteiger partial charge is 0.392 e. The maximum absolute atomic E-state index is 13.5. The highest BCUT2D eigenvalue weighted by Gasteiger charge is 2.19. The molecular weight excluding hydrogens is 458 g/mol. The molecule has 27 heavy (non-hydrogen) atoms. The lowest BCUT2D eigenvalue weighted by molar-refractivity contribution is 0.275. The number of aliphatic hydroxyl groups is 1. The van der Waals surface area contributed by atoms with Gasteiger partial charge in [-0.1, -0.05) is 24.3 Å². The summed E-state index contributed by atoms with van der Waals surface area (Å²) in [4.78, 5) is 8.98. The van der Waals surface area contributed by atoms with Gasteiger partial charge in [0.25, 0.3) is 0 Å². The third-order valence-electron chi connectivity index (χ3n) is 4.64. The molecule has 2 aromatic carbocycles. The van der Waals surface area contributed by atoms with E-state index in [9.17, 15) is 9.50 Å². The summed E-state index contributed by atoms with van der Waals surface area (Å²) in [6.45, 7) is 3.90. The molecule has 0 unspecified atom stereocenters. The zero-order valence-corrected chi connectivity index (χ0v) is 17.8. The minimum Gasteiger partial charge on any atom is -0.392 e. The fraction of sp³-hybridized carbons (Fsp3) is 0.350. The third kappa shape index (κ3) is 5.55. The molecule has 1 aliphatic heterocycles. The van der Waals surface area contributed by atoms with Gasteiger partial charge in [-0.3, -0.25) is 4.99 Å². The number of nitrogens with zero attached hydrogens (tertiary/aromatic N) is 3. The molecule has 0 saturated carbocycles. The van der Waals surface area contributed by atoms with E-state index < -0.39 is 0 Å². The lowest BCUT2D eigenvalue weighted by Gasteiger charge is -2.37. The number of hydrogen-bond donors (Lipinski definition) is 2. The van der Waals surface area contributed by atoms with Crippen LogP contribution in [-0.4, -0.2) is 49.2 Å². The average molecular weight is 484 g/mol. The van der Waals surface area contributed by atoms with Crippen LogP contribution in [0.3, 0.4) is 0 Å². The van der Waals surface area contributed by atoms with Gasteiger partial charge in [-0.25, -0.2) is 4.39 Å². The number of piperazine rings is 1. The normalized spacial score (nSPS) is 14.7. The van der Waals surface area contributed by atoms with Crippen molar-refractivity contribution < 1.29 is 9.50 Å². The number of guanidine groups is 1. The van der Waals surface area contributed by atoms with Crippen molar-refractivity contribution in [2.45, 2.75) is 13.2 Å². The number of para-hydroxylation sites is 1. The smallest absolute Gasteiger partial charge is 0.194 e. The summed E-state index contributed by atoms with van der Waals surface area (Å²) in [6, 6.07) is 15.2. The van der Waals surface area contributed by atoms with Crippen molar-refractivity contribution in [2.75, 3.05) is 38.1 Å². The minimum atomic E-state index is -0.377. The monoisotopic (exact) mass is 484 g/mol. The molecule has 0 aliphatic carbocycles. The second-order valence-corrected chi connectivity index (χ2v) is 6.29. The Morgan fingerprint density at radius 3 is 2.44 bits per heavy atom. The van der Waals surface area contributed by atoms with Gasteiger partial charge in [0.2, 0.25) is 0 Å². The van der Waals surface area contributed by atoms with Crippen molar-refractivity contribution in [3.63, 3.8) is 0 Å². The molecule has 1 heterocycles. The Balaban J connectivity index is 0.00000261. The van der Waals surface area contributed by atoms with Crippen LogP contribution in [0.25, 0.3) is 0 Å². The highest BCUT2D eigenvalue weighted by atomic mass is 127. The number of aliphatic hydroxyl groups excluding tert-OH is 1. The molecule has 0 bridgehead atoms. The van der Waals surface area contributed by atoms with Crippen molar-refractivity contribution in [3.05, 3.63) is 65.5 Å². The van der Waals surface area contributed by atoms with E-state index in [1.165, 1.54) is 11.8 Å². The van der Waals surface area contributed by atoms with Gasteiger partial charge in [-0.05, 0) is 29.8 Å². The van der Waals surface area contributed by atoms with Crippen molar-refractivity contribution in [2.24, 2.45) is 4.99 Å². The van der Waals surface area contributed by atoms with Crippen molar-refractivity contribution >= 4 is 35.6 Å². The first-order valence-corrected chi connectivity index (χ1v) is 8.85.